The van der Waals surface area contributed by atoms with Crippen molar-refractivity contribution in [2.75, 3.05) is 19.7 Å². The maximum absolute atomic E-state index is 13.8. The van der Waals surface area contributed by atoms with E-state index in [1.54, 1.807) is 9.42 Å². The van der Waals surface area contributed by atoms with Gasteiger partial charge in [0.05, 0.1) is 13.2 Å². The molecule has 0 bridgehead atoms. The van der Waals surface area contributed by atoms with Crippen LogP contribution in [-0.4, -0.2) is 45.3 Å². The number of aromatic nitrogens is 3. The third-order valence-electron chi connectivity index (χ3n) is 11.2. The molecule has 1 N–H and O–H groups in total. The van der Waals surface area contributed by atoms with E-state index in [2.05, 4.69) is 102 Å². The lowest BCUT2D eigenvalue weighted by molar-refractivity contribution is -0.246. The summed E-state index contributed by atoms with van der Waals surface area (Å²) in [7, 11) is 0. The molecular weight excluding hydrogens is 638 g/mol. The maximum Gasteiger partial charge on any atom is 0.415 e. The largest absolute Gasteiger partial charge is 0.415 e. The number of nitrogens with one attached hydrogen (secondary N) is 1. The van der Waals surface area contributed by atoms with Gasteiger partial charge in [0.15, 0.2) is 11.9 Å². The molecule has 2 fully saturated rings. The molecule has 1 amide bonds. The second kappa shape index (κ2) is 15.3. The highest BCUT2D eigenvalue weighted by Gasteiger charge is 2.43. The van der Waals surface area contributed by atoms with E-state index in [4.69, 9.17) is 27.6 Å². The molecule has 1 aliphatic carbocycles. The molecule has 2 aliphatic rings. The quantitative estimate of drug-likeness (QED) is 0.0791. The summed E-state index contributed by atoms with van der Waals surface area (Å²) in [4.78, 5) is 34.5. The molecule has 1 saturated heterocycles. The molecule has 9 nitrogen and oxygen atoms in total. The minimum absolute atomic E-state index is 0.0438. The van der Waals surface area contributed by atoms with Crippen LogP contribution in [0.25, 0.3) is 21.9 Å². The van der Waals surface area contributed by atoms with Gasteiger partial charge in [0.1, 0.15) is 5.65 Å². The van der Waals surface area contributed by atoms with Gasteiger partial charge in [-0.05, 0) is 109 Å². The number of carbonyl (C=O) groups is 1. The molecule has 2 aromatic heterocycles. The van der Waals surface area contributed by atoms with Gasteiger partial charge in [-0.15, -0.1) is 0 Å². The Morgan fingerprint density at radius 1 is 1.14 bits per heavy atom. The van der Waals surface area contributed by atoms with Crippen LogP contribution >= 0.6 is 0 Å². The van der Waals surface area contributed by atoms with Crippen LogP contribution in [0.2, 0.25) is 0 Å². The van der Waals surface area contributed by atoms with E-state index >= 15 is 0 Å². The summed E-state index contributed by atoms with van der Waals surface area (Å²) in [5.41, 5.74) is 5.29. The van der Waals surface area contributed by atoms with E-state index in [0.717, 1.165) is 42.4 Å². The highest BCUT2D eigenvalue weighted by molar-refractivity contribution is 5.80. The molecule has 1 saturated carbocycles. The molecule has 276 valence electrons. The number of nitrogens with zero attached hydrogens (tertiary/aromatic N) is 4. The van der Waals surface area contributed by atoms with Gasteiger partial charge in [-0.25, -0.2) is 19.1 Å². The summed E-state index contributed by atoms with van der Waals surface area (Å²) in [5, 5.41) is 3.47. The van der Waals surface area contributed by atoms with Crippen molar-refractivity contribution >= 4 is 17.4 Å². The Balaban J connectivity index is 1.58. The molecule has 9 heteroatoms. The first-order chi connectivity index (χ1) is 24.0. The first-order valence-electron chi connectivity index (χ1n) is 18.8. The Morgan fingerprint density at radius 2 is 1.84 bits per heavy atom. The minimum atomic E-state index is -0.469. The van der Waals surface area contributed by atoms with E-state index in [1.165, 1.54) is 12.0 Å². The molecule has 5 rings (SSSR count). The first kappa shape index (κ1) is 38.3. The summed E-state index contributed by atoms with van der Waals surface area (Å²) < 4.78 is 7.98. The predicted molar refractivity (Wildman–Crippen MR) is 202 cm³/mol. The molecule has 4 atom stereocenters. The summed E-state index contributed by atoms with van der Waals surface area (Å²) >= 11 is 0. The molecule has 4 unspecified atom stereocenters. The van der Waals surface area contributed by atoms with Gasteiger partial charge < -0.3 is 9.64 Å². The van der Waals surface area contributed by atoms with E-state index < -0.39 is 6.09 Å². The number of aryl methyl sites for hydroxylation is 1. The fourth-order valence-corrected chi connectivity index (χ4v) is 8.64. The van der Waals surface area contributed by atoms with Crippen molar-refractivity contribution in [3.8, 4) is 29.8 Å². The number of hydrogen-bond donors (Lipinski definition) is 1. The third-order valence-corrected chi connectivity index (χ3v) is 11.2. The van der Waals surface area contributed by atoms with Crippen molar-refractivity contribution in [3.63, 3.8) is 0 Å². The number of aromatic amines is 1. The average Bonchev–Trinajstić information content (AvgIpc) is 3.59. The lowest BCUT2D eigenvalue weighted by Gasteiger charge is -2.48. The summed E-state index contributed by atoms with van der Waals surface area (Å²) in [6, 6.07) is 6.54. The van der Waals surface area contributed by atoms with Gasteiger partial charge in [-0.3, -0.25) is 9.99 Å². The van der Waals surface area contributed by atoms with Gasteiger partial charge in [-0.2, -0.15) is 4.89 Å². The number of likely N-dealkylation sites (tertiary alicyclic amines) is 1. The molecule has 0 spiro atoms. The van der Waals surface area contributed by atoms with Gasteiger partial charge in [0, 0.05) is 24.2 Å². The van der Waals surface area contributed by atoms with Crippen LogP contribution in [0.15, 0.2) is 18.2 Å². The summed E-state index contributed by atoms with van der Waals surface area (Å²) in [6.07, 6.45) is 12.3. The number of amides is 1. The summed E-state index contributed by atoms with van der Waals surface area (Å²) in [5.74, 6) is 3.72. The monoisotopic (exact) mass is 697 g/mol. The molecule has 51 heavy (non-hydrogen) atoms. The zero-order valence-corrected chi connectivity index (χ0v) is 32.6. The van der Waals surface area contributed by atoms with Gasteiger partial charge in [-0.1, -0.05) is 80.4 Å². The van der Waals surface area contributed by atoms with Crippen LogP contribution in [-0.2, 0) is 21.6 Å². The number of hydrogen-bond acceptors (Lipinski definition) is 5. The van der Waals surface area contributed by atoms with Gasteiger partial charge in [0.25, 0.3) is 5.69 Å². The predicted octanol–water partition coefficient (Wildman–Crippen LogP) is 10.1. The fourth-order valence-electron chi connectivity index (χ4n) is 8.64. The second-order valence-corrected chi connectivity index (χ2v) is 17.9. The molecule has 3 aromatic rings. The maximum atomic E-state index is 13.8. The average molecular weight is 698 g/mol. The number of rotatable bonds is 9. The SMILES string of the molecule is [C-]#[N+]c1c(CC2C(CC(C)C)CC(C)CC2C(C)(C)C)c2nc(-c3cc(C)cc(C(C)(C)C)c3)[nH]n2c1OC(=O)N1CCC(COOC#C)CC1. The Morgan fingerprint density at radius 3 is 2.45 bits per heavy atom. The lowest BCUT2D eigenvalue weighted by Crippen LogP contribution is -2.41. The van der Waals surface area contributed by atoms with Crippen molar-refractivity contribution in [1.29, 1.82) is 0 Å². The van der Waals surface area contributed by atoms with Gasteiger partial charge >= 0.3 is 6.09 Å². The van der Waals surface area contributed by atoms with E-state index in [1.807, 2.05) is 6.11 Å². The number of terminal acetylenes is 1. The smallest absolute Gasteiger partial charge is 0.402 e. The number of piperidine rings is 1. The van der Waals surface area contributed by atoms with Gasteiger partial charge in [0.2, 0.25) is 5.88 Å². The fraction of sp³-hybridized carbons (Fsp3) is 0.643. The summed E-state index contributed by atoms with van der Waals surface area (Å²) in [6.45, 7) is 32.7. The number of ether oxygens (including phenoxy) is 1. The van der Waals surface area contributed by atoms with Crippen molar-refractivity contribution in [2.45, 2.75) is 113 Å². The highest BCUT2D eigenvalue weighted by atomic mass is 17.2. The van der Waals surface area contributed by atoms with Crippen LogP contribution in [0.3, 0.4) is 0 Å². The number of fused-ring (bicyclic) bond motifs is 1. The second-order valence-electron chi connectivity index (χ2n) is 17.9. The van der Waals surface area contributed by atoms with Crippen LogP contribution in [0.1, 0.15) is 111 Å². The highest BCUT2D eigenvalue weighted by Crippen LogP contribution is 2.51. The van der Waals surface area contributed by atoms with Crippen molar-refractivity contribution in [1.82, 2.24) is 19.5 Å². The van der Waals surface area contributed by atoms with Crippen LogP contribution < -0.4 is 4.74 Å². The minimum Gasteiger partial charge on any atom is -0.402 e. The van der Waals surface area contributed by atoms with E-state index in [0.29, 0.717) is 72.9 Å². The van der Waals surface area contributed by atoms with Crippen molar-refractivity contribution in [2.24, 2.45) is 40.9 Å². The van der Waals surface area contributed by atoms with E-state index in [-0.39, 0.29) is 22.6 Å². The van der Waals surface area contributed by atoms with Crippen molar-refractivity contribution in [3.05, 3.63) is 46.3 Å². The molecule has 3 heterocycles. The molecule has 0 radical (unpaired) electrons. The van der Waals surface area contributed by atoms with Crippen LogP contribution in [0.4, 0.5) is 10.5 Å². The molecular formula is C42H59N5O4. The van der Waals surface area contributed by atoms with Crippen molar-refractivity contribution < 1.29 is 19.3 Å². The number of carbonyl (C=O) groups excluding carboxylic acids is 1. The Kier molecular flexibility index (Phi) is 11.5. The number of H-pyrrole nitrogens is 1. The van der Waals surface area contributed by atoms with Crippen LogP contribution in [0.5, 0.6) is 5.88 Å². The van der Waals surface area contributed by atoms with Crippen LogP contribution in [0, 0.1) is 66.9 Å². The zero-order chi connectivity index (χ0) is 37.2. The normalized spacial score (nSPS) is 21.9. The topological polar surface area (TPSA) is 85.5 Å². The Hall–Kier alpha value is -3.95. The molecule has 1 aromatic carbocycles. The lowest BCUT2D eigenvalue weighted by atomic mass is 9.57. The molecule has 1 aliphatic heterocycles. The van der Waals surface area contributed by atoms with E-state index in [9.17, 15) is 4.79 Å². The third kappa shape index (κ3) is 8.75. The zero-order valence-electron chi connectivity index (χ0n) is 32.6. The first-order valence-corrected chi connectivity index (χ1v) is 18.8. The number of benzene rings is 1. The Bertz CT molecular complexity index is 1770. The standard InChI is InChI=1S/C42H59N5O4/c1-13-49-50-25-29-14-16-46(17-15-29)40(48)51-39-36(43-12)34(24-33-30(18-26(2)3)19-28(5)22-35(33)42(9,10)11)38-44-37(45-47(38)39)31-20-27(4)21-32(23-31)41(6,7)8/h1,20-21,23,26,28-30,33,35H,14-19,22,24-25H2,2-11H3,(H,44,45). The Labute approximate surface area is 305 Å².